The molecule has 1 atom stereocenters. The molecule has 1 spiro atoms. The summed E-state index contributed by atoms with van der Waals surface area (Å²) in [6.07, 6.45) is 6.62. The van der Waals surface area contributed by atoms with E-state index in [0.29, 0.717) is 24.9 Å². The van der Waals surface area contributed by atoms with Crippen LogP contribution in [0.1, 0.15) is 44.1 Å². The van der Waals surface area contributed by atoms with Crippen molar-refractivity contribution in [2.24, 2.45) is 11.3 Å². The summed E-state index contributed by atoms with van der Waals surface area (Å²) in [6, 6.07) is 7.72. The van der Waals surface area contributed by atoms with Gasteiger partial charge in [-0.05, 0) is 56.6 Å². The van der Waals surface area contributed by atoms with E-state index in [4.69, 9.17) is 0 Å². The van der Waals surface area contributed by atoms with Crippen molar-refractivity contribution in [3.8, 4) is 0 Å². The Morgan fingerprint density at radius 2 is 2.00 bits per heavy atom. The van der Waals surface area contributed by atoms with Crippen molar-refractivity contribution in [1.82, 2.24) is 9.80 Å². The highest BCUT2D eigenvalue weighted by molar-refractivity contribution is 5.92. The van der Waals surface area contributed by atoms with Gasteiger partial charge in [0, 0.05) is 31.9 Å². The second-order valence-electron chi connectivity index (χ2n) is 8.35. The zero-order chi connectivity index (χ0) is 18.1. The van der Waals surface area contributed by atoms with E-state index >= 15 is 0 Å². The number of anilines is 1. The second-order valence-corrected chi connectivity index (χ2v) is 8.35. The van der Waals surface area contributed by atoms with Crippen LogP contribution in [0.2, 0.25) is 0 Å². The van der Waals surface area contributed by atoms with Crippen molar-refractivity contribution in [2.75, 3.05) is 31.5 Å². The molecule has 4 rings (SSSR count). The lowest BCUT2D eigenvalue weighted by Crippen LogP contribution is -2.52. The molecule has 1 saturated carbocycles. The fourth-order valence-corrected chi connectivity index (χ4v) is 4.65. The number of urea groups is 1. The van der Waals surface area contributed by atoms with Gasteiger partial charge in [0.25, 0.3) is 0 Å². The summed E-state index contributed by atoms with van der Waals surface area (Å²) in [5.74, 6) is 0.998. The molecular formula is C21H29N3O2. The first-order valence-corrected chi connectivity index (χ1v) is 9.98. The number of carbonyl (C=O) groups excluding carboxylic acids is 2. The molecule has 140 valence electrons. The first kappa shape index (κ1) is 17.4. The Morgan fingerprint density at radius 1 is 1.19 bits per heavy atom. The van der Waals surface area contributed by atoms with Crippen LogP contribution < -0.4 is 5.32 Å². The molecule has 2 saturated heterocycles. The van der Waals surface area contributed by atoms with Crippen LogP contribution in [0.15, 0.2) is 24.3 Å². The highest BCUT2D eigenvalue weighted by atomic mass is 16.2. The third-order valence-corrected chi connectivity index (χ3v) is 6.56. The second kappa shape index (κ2) is 6.93. The summed E-state index contributed by atoms with van der Waals surface area (Å²) >= 11 is 0. The molecular weight excluding hydrogens is 326 g/mol. The fourth-order valence-electron chi connectivity index (χ4n) is 4.65. The zero-order valence-electron chi connectivity index (χ0n) is 15.7. The maximum atomic E-state index is 13.2. The Morgan fingerprint density at radius 3 is 2.73 bits per heavy atom. The molecule has 5 heteroatoms. The van der Waals surface area contributed by atoms with Gasteiger partial charge in [-0.1, -0.05) is 24.6 Å². The largest absolute Gasteiger partial charge is 0.342 e. The van der Waals surface area contributed by atoms with Crippen LogP contribution in [-0.2, 0) is 4.79 Å². The van der Waals surface area contributed by atoms with Crippen LogP contribution in [0, 0.1) is 18.3 Å². The van der Waals surface area contributed by atoms with E-state index in [9.17, 15) is 9.59 Å². The summed E-state index contributed by atoms with van der Waals surface area (Å²) < 4.78 is 0. The van der Waals surface area contributed by atoms with Gasteiger partial charge in [-0.3, -0.25) is 4.79 Å². The van der Waals surface area contributed by atoms with Gasteiger partial charge >= 0.3 is 6.03 Å². The molecule has 2 aliphatic heterocycles. The van der Waals surface area contributed by atoms with E-state index in [-0.39, 0.29) is 11.4 Å². The number of nitrogens with zero attached hydrogens (tertiary/aromatic N) is 2. The smallest absolute Gasteiger partial charge is 0.321 e. The lowest BCUT2D eigenvalue weighted by Gasteiger charge is -2.42. The molecule has 3 aliphatic rings. The minimum atomic E-state index is -0.342. The average molecular weight is 355 g/mol. The third-order valence-electron chi connectivity index (χ3n) is 6.56. The van der Waals surface area contributed by atoms with E-state index in [0.717, 1.165) is 43.6 Å². The van der Waals surface area contributed by atoms with E-state index in [1.54, 1.807) is 0 Å². The number of hydrogen-bond acceptors (Lipinski definition) is 2. The van der Waals surface area contributed by atoms with E-state index in [2.05, 4.69) is 10.2 Å². The van der Waals surface area contributed by atoms with E-state index < -0.39 is 0 Å². The molecule has 0 bridgehead atoms. The number of rotatable bonds is 3. The molecule has 0 radical (unpaired) electrons. The highest BCUT2D eigenvalue weighted by Gasteiger charge is 2.49. The van der Waals surface area contributed by atoms with Crippen LogP contribution in [-0.4, -0.2) is 47.9 Å². The molecule has 5 nitrogen and oxygen atoms in total. The van der Waals surface area contributed by atoms with E-state index in [1.807, 2.05) is 36.1 Å². The quantitative estimate of drug-likeness (QED) is 0.900. The van der Waals surface area contributed by atoms with Gasteiger partial charge < -0.3 is 15.1 Å². The first-order valence-electron chi connectivity index (χ1n) is 9.98. The predicted molar refractivity (Wildman–Crippen MR) is 102 cm³/mol. The number of likely N-dealkylation sites (tertiary alicyclic amines) is 2. The lowest BCUT2D eigenvalue weighted by molar-refractivity contribution is -0.146. The Bertz CT molecular complexity index is 700. The summed E-state index contributed by atoms with van der Waals surface area (Å²) in [5, 5.41) is 3.01. The van der Waals surface area contributed by atoms with Crippen LogP contribution in [0.5, 0.6) is 0 Å². The maximum Gasteiger partial charge on any atom is 0.321 e. The van der Waals surface area contributed by atoms with Gasteiger partial charge in [-0.15, -0.1) is 0 Å². The molecule has 1 aromatic rings. The normalized spacial score (nSPS) is 26.3. The number of nitrogens with one attached hydrogen (secondary N) is 1. The molecule has 1 aromatic carbocycles. The number of hydrogen-bond donors (Lipinski definition) is 1. The third kappa shape index (κ3) is 3.19. The van der Waals surface area contributed by atoms with Gasteiger partial charge in [0.1, 0.15) is 0 Å². The number of para-hydroxylation sites is 1. The Labute approximate surface area is 155 Å². The van der Waals surface area contributed by atoms with Crippen molar-refractivity contribution >= 4 is 17.6 Å². The number of carbonyl (C=O) groups is 2. The predicted octanol–water partition coefficient (Wildman–Crippen LogP) is 3.64. The first-order chi connectivity index (χ1) is 12.6. The van der Waals surface area contributed by atoms with Crippen LogP contribution >= 0.6 is 0 Å². The summed E-state index contributed by atoms with van der Waals surface area (Å²) in [7, 11) is 0. The fraction of sp³-hybridized carbons (Fsp3) is 0.619. The van der Waals surface area contributed by atoms with Crippen LogP contribution in [0.3, 0.4) is 0 Å². The Hall–Kier alpha value is -2.04. The van der Waals surface area contributed by atoms with Crippen molar-refractivity contribution in [2.45, 2.75) is 45.4 Å². The van der Waals surface area contributed by atoms with Gasteiger partial charge in [0.2, 0.25) is 5.91 Å². The molecule has 26 heavy (non-hydrogen) atoms. The number of aryl methyl sites for hydroxylation is 1. The van der Waals surface area contributed by atoms with Crippen molar-refractivity contribution < 1.29 is 9.59 Å². The number of amides is 3. The van der Waals surface area contributed by atoms with Crippen molar-refractivity contribution in [1.29, 1.82) is 0 Å². The molecule has 0 aromatic heterocycles. The van der Waals surface area contributed by atoms with Crippen molar-refractivity contribution in [3.05, 3.63) is 29.8 Å². The molecule has 3 fully saturated rings. The topological polar surface area (TPSA) is 52.7 Å². The number of piperidine rings is 1. The Balaban J connectivity index is 1.40. The van der Waals surface area contributed by atoms with E-state index in [1.165, 1.54) is 19.3 Å². The lowest BCUT2D eigenvalue weighted by atomic mass is 9.77. The molecule has 1 N–H and O–H groups in total. The molecule has 1 aliphatic carbocycles. The minimum Gasteiger partial charge on any atom is -0.342 e. The summed E-state index contributed by atoms with van der Waals surface area (Å²) in [5.41, 5.74) is 1.56. The van der Waals surface area contributed by atoms with Crippen molar-refractivity contribution in [3.63, 3.8) is 0 Å². The van der Waals surface area contributed by atoms with Crippen LogP contribution in [0.4, 0.5) is 10.5 Å². The average Bonchev–Trinajstić information content (AvgIpc) is 3.02. The Kier molecular flexibility index (Phi) is 4.63. The van der Waals surface area contributed by atoms with Gasteiger partial charge in [-0.25, -0.2) is 4.79 Å². The standard InChI is InChI=1S/C21H29N3O2/c1-16-6-2-3-9-18(16)22-20(26)24-13-11-21(15-24)10-5-12-23(19(21)25)14-17-7-4-8-17/h2-3,6,9,17H,4-5,7-8,10-15H2,1H3,(H,22,26)/t21-/m0/s1. The number of benzene rings is 1. The zero-order valence-corrected chi connectivity index (χ0v) is 15.7. The monoisotopic (exact) mass is 355 g/mol. The van der Waals surface area contributed by atoms with Gasteiger partial charge in [-0.2, -0.15) is 0 Å². The minimum absolute atomic E-state index is 0.0832. The highest BCUT2D eigenvalue weighted by Crippen LogP contribution is 2.41. The molecule has 0 unspecified atom stereocenters. The van der Waals surface area contributed by atoms with Gasteiger partial charge in [0.15, 0.2) is 0 Å². The summed E-state index contributed by atoms with van der Waals surface area (Å²) in [4.78, 5) is 29.8. The van der Waals surface area contributed by atoms with Crippen LogP contribution in [0.25, 0.3) is 0 Å². The van der Waals surface area contributed by atoms with Gasteiger partial charge in [0.05, 0.1) is 5.41 Å². The summed E-state index contributed by atoms with van der Waals surface area (Å²) in [6.45, 7) is 5.04. The molecule has 2 heterocycles. The maximum absolute atomic E-state index is 13.2. The molecule has 3 amide bonds. The SMILES string of the molecule is Cc1ccccc1NC(=O)N1CC[C@@]2(CCCN(CC3CCC3)C2=O)C1.